The van der Waals surface area contributed by atoms with E-state index < -0.39 is 11.5 Å². The maximum absolute atomic E-state index is 12.2. The molecule has 0 bridgehead atoms. The Hall–Kier alpha value is -1.10. The van der Waals surface area contributed by atoms with Crippen molar-refractivity contribution in [3.8, 4) is 0 Å². The lowest BCUT2D eigenvalue weighted by Gasteiger charge is -2.38. The summed E-state index contributed by atoms with van der Waals surface area (Å²) < 4.78 is 5.47. The predicted molar refractivity (Wildman–Crippen MR) is 69.8 cm³/mol. The van der Waals surface area contributed by atoms with E-state index in [1.807, 2.05) is 0 Å². The van der Waals surface area contributed by atoms with Crippen molar-refractivity contribution in [2.75, 3.05) is 6.61 Å². The zero-order valence-corrected chi connectivity index (χ0v) is 11.3. The molecule has 2 rings (SSSR count). The van der Waals surface area contributed by atoms with Crippen LogP contribution < -0.4 is 5.32 Å². The fourth-order valence-electron chi connectivity index (χ4n) is 3.15. The fraction of sp³-hybridized carbons (Fsp3) is 0.857. The monoisotopic (exact) mass is 269 g/mol. The van der Waals surface area contributed by atoms with Crippen LogP contribution in [0.15, 0.2) is 0 Å². The fourth-order valence-corrected chi connectivity index (χ4v) is 3.15. The third-order valence-corrected chi connectivity index (χ3v) is 4.16. The lowest BCUT2D eigenvalue weighted by Crippen LogP contribution is -2.54. The van der Waals surface area contributed by atoms with Crippen LogP contribution in [0.25, 0.3) is 0 Å². The van der Waals surface area contributed by atoms with Crippen molar-refractivity contribution in [1.29, 1.82) is 0 Å². The van der Waals surface area contributed by atoms with Crippen LogP contribution in [0, 0.1) is 0 Å². The summed E-state index contributed by atoms with van der Waals surface area (Å²) in [5.41, 5.74) is -0.554. The molecule has 1 aliphatic carbocycles. The summed E-state index contributed by atoms with van der Waals surface area (Å²) in [4.78, 5) is 23.3. The molecule has 19 heavy (non-hydrogen) atoms. The van der Waals surface area contributed by atoms with E-state index in [4.69, 9.17) is 9.84 Å². The Labute approximate surface area is 113 Å². The molecule has 108 valence electrons. The van der Waals surface area contributed by atoms with Gasteiger partial charge in [0.05, 0.1) is 12.0 Å². The van der Waals surface area contributed by atoms with Crippen LogP contribution in [0.4, 0.5) is 0 Å². The normalized spacial score (nSPS) is 26.6. The molecule has 2 aliphatic rings. The molecule has 1 heterocycles. The maximum atomic E-state index is 12.2. The number of carbonyl (C=O) groups is 2. The molecule has 5 heteroatoms. The van der Waals surface area contributed by atoms with E-state index in [0.29, 0.717) is 6.61 Å². The van der Waals surface area contributed by atoms with Crippen molar-refractivity contribution in [2.24, 2.45) is 0 Å². The molecule has 0 aromatic rings. The van der Waals surface area contributed by atoms with Crippen LogP contribution in [-0.2, 0) is 14.3 Å². The van der Waals surface area contributed by atoms with Crippen LogP contribution in [-0.4, -0.2) is 35.2 Å². The van der Waals surface area contributed by atoms with Crippen molar-refractivity contribution < 1.29 is 19.4 Å². The van der Waals surface area contributed by atoms with Crippen LogP contribution in [0.2, 0.25) is 0 Å². The summed E-state index contributed by atoms with van der Waals surface area (Å²) >= 11 is 0. The van der Waals surface area contributed by atoms with Crippen LogP contribution in [0.1, 0.15) is 57.8 Å². The largest absolute Gasteiger partial charge is 0.481 e. The Balaban J connectivity index is 1.98. The van der Waals surface area contributed by atoms with Gasteiger partial charge in [-0.15, -0.1) is 0 Å². The van der Waals surface area contributed by atoms with E-state index in [9.17, 15) is 9.59 Å². The van der Waals surface area contributed by atoms with Gasteiger partial charge in [0, 0.05) is 6.61 Å². The molecular weight excluding hydrogens is 246 g/mol. The van der Waals surface area contributed by atoms with Crippen molar-refractivity contribution in [1.82, 2.24) is 5.32 Å². The Morgan fingerprint density at radius 2 is 1.89 bits per heavy atom. The first kappa shape index (κ1) is 14.3. The van der Waals surface area contributed by atoms with Crippen molar-refractivity contribution in [3.05, 3.63) is 0 Å². The molecule has 2 fully saturated rings. The van der Waals surface area contributed by atoms with Crippen LogP contribution in [0.3, 0.4) is 0 Å². The molecule has 1 atom stereocenters. The molecule has 5 nitrogen and oxygen atoms in total. The number of carbonyl (C=O) groups excluding carboxylic acids is 1. The first-order valence-corrected chi connectivity index (χ1v) is 7.27. The molecule has 2 N–H and O–H groups in total. The Morgan fingerprint density at radius 1 is 1.16 bits per heavy atom. The molecule has 1 aliphatic heterocycles. The van der Waals surface area contributed by atoms with Gasteiger partial charge in [-0.2, -0.15) is 0 Å². The molecule has 0 spiro atoms. The topological polar surface area (TPSA) is 75.6 Å². The van der Waals surface area contributed by atoms with Gasteiger partial charge in [0.25, 0.3) is 0 Å². The first-order chi connectivity index (χ1) is 9.11. The summed E-state index contributed by atoms with van der Waals surface area (Å²) in [5, 5.41) is 12.1. The molecular formula is C14H23NO4. The van der Waals surface area contributed by atoms with Gasteiger partial charge in [-0.1, -0.05) is 19.3 Å². The number of ether oxygens (including phenoxy) is 1. The molecule has 0 radical (unpaired) electrons. The second-order valence-electron chi connectivity index (χ2n) is 5.76. The maximum Gasteiger partial charge on any atom is 0.305 e. The Bertz CT molecular complexity index is 330. The molecule has 1 saturated heterocycles. The lowest BCUT2D eigenvalue weighted by atomic mass is 9.79. The average Bonchev–Trinajstić information content (AvgIpc) is 2.39. The molecule has 0 aromatic carbocycles. The van der Waals surface area contributed by atoms with Gasteiger partial charge >= 0.3 is 5.97 Å². The molecule has 1 saturated carbocycles. The first-order valence-electron chi connectivity index (χ1n) is 7.27. The highest BCUT2D eigenvalue weighted by Crippen LogP contribution is 2.31. The van der Waals surface area contributed by atoms with E-state index in [1.54, 1.807) is 0 Å². The summed E-state index contributed by atoms with van der Waals surface area (Å²) in [7, 11) is 0. The van der Waals surface area contributed by atoms with Crippen molar-refractivity contribution >= 4 is 11.9 Å². The number of hydrogen-bond acceptors (Lipinski definition) is 3. The number of aliphatic carboxylic acids is 1. The van der Waals surface area contributed by atoms with Crippen LogP contribution >= 0.6 is 0 Å². The smallest absolute Gasteiger partial charge is 0.305 e. The van der Waals surface area contributed by atoms with Gasteiger partial charge in [-0.25, -0.2) is 0 Å². The molecule has 1 unspecified atom stereocenters. The quantitative estimate of drug-likeness (QED) is 0.816. The summed E-state index contributed by atoms with van der Waals surface area (Å²) in [5.74, 6) is -0.963. The lowest BCUT2D eigenvalue weighted by molar-refractivity contribution is -0.142. The summed E-state index contributed by atoms with van der Waals surface area (Å²) in [6.07, 6.45) is 7.00. The minimum absolute atomic E-state index is 0.0193. The second-order valence-corrected chi connectivity index (χ2v) is 5.76. The van der Waals surface area contributed by atoms with Gasteiger partial charge in [-0.3, -0.25) is 9.59 Å². The highest BCUT2D eigenvalue weighted by molar-refractivity contribution is 5.82. The third kappa shape index (κ3) is 3.93. The van der Waals surface area contributed by atoms with Gasteiger partial charge in [-0.05, 0) is 32.1 Å². The highest BCUT2D eigenvalue weighted by atomic mass is 16.5. The minimum atomic E-state index is -0.841. The second kappa shape index (κ2) is 6.37. The standard InChI is InChI=1S/C14H23NO4/c16-12(17)10-14(7-3-1-4-8-14)15-13(18)11-6-2-5-9-19-11/h11H,1-10H2,(H,15,18)(H,16,17). The Morgan fingerprint density at radius 3 is 2.47 bits per heavy atom. The van der Waals surface area contributed by atoms with Crippen molar-refractivity contribution in [2.45, 2.75) is 69.4 Å². The van der Waals surface area contributed by atoms with E-state index >= 15 is 0 Å². The number of amides is 1. The number of hydrogen-bond donors (Lipinski definition) is 2. The number of carboxylic acid groups (broad SMARTS) is 1. The number of nitrogens with one attached hydrogen (secondary N) is 1. The Kier molecular flexibility index (Phi) is 4.80. The SMILES string of the molecule is O=C(O)CC1(NC(=O)C2CCCCO2)CCCCC1. The van der Waals surface area contributed by atoms with Gasteiger partial charge in [0.15, 0.2) is 0 Å². The number of rotatable bonds is 4. The highest BCUT2D eigenvalue weighted by Gasteiger charge is 2.37. The molecule has 0 aromatic heterocycles. The van der Waals surface area contributed by atoms with E-state index in [2.05, 4.69) is 5.32 Å². The van der Waals surface area contributed by atoms with E-state index in [0.717, 1.165) is 51.4 Å². The average molecular weight is 269 g/mol. The van der Waals surface area contributed by atoms with Crippen LogP contribution in [0.5, 0.6) is 0 Å². The summed E-state index contributed by atoms with van der Waals surface area (Å²) in [6.45, 7) is 0.629. The van der Waals surface area contributed by atoms with Gasteiger partial charge < -0.3 is 15.2 Å². The zero-order valence-electron chi connectivity index (χ0n) is 11.3. The van der Waals surface area contributed by atoms with E-state index in [-0.39, 0.29) is 18.4 Å². The van der Waals surface area contributed by atoms with Gasteiger partial charge in [0.1, 0.15) is 6.10 Å². The number of carboxylic acids is 1. The van der Waals surface area contributed by atoms with E-state index in [1.165, 1.54) is 0 Å². The minimum Gasteiger partial charge on any atom is -0.481 e. The summed E-state index contributed by atoms with van der Waals surface area (Å²) in [6, 6.07) is 0. The van der Waals surface area contributed by atoms with Crippen molar-refractivity contribution in [3.63, 3.8) is 0 Å². The molecule has 1 amide bonds. The van der Waals surface area contributed by atoms with Gasteiger partial charge in [0.2, 0.25) is 5.91 Å². The predicted octanol–water partition coefficient (Wildman–Crippen LogP) is 1.85. The zero-order chi connectivity index (χ0) is 13.7. The third-order valence-electron chi connectivity index (χ3n) is 4.16.